The topological polar surface area (TPSA) is 70.6 Å². The molecule has 3 aromatic rings. The first-order chi connectivity index (χ1) is 21.6. The first-order valence-corrected chi connectivity index (χ1v) is 16.9. The quantitative estimate of drug-likeness (QED) is 0.249. The summed E-state index contributed by atoms with van der Waals surface area (Å²) >= 11 is 0. The minimum atomic E-state index is -5.09. The smallest absolute Gasteiger partial charge is 0.351 e. The van der Waals surface area contributed by atoms with E-state index in [1.807, 2.05) is 0 Å². The Kier molecular flexibility index (Phi) is 8.68. The molecule has 2 aromatic carbocycles. The number of aryl methyl sites for hydroxylation is 1. The van der Waals surface area contributed by atoms with Crippen LogP contribution in [0.25, 0.3) is 11.1 Å². The summed E-state index contributed by atoms with van der Waals surface area (Å²) in [5.41, 5.74) is -3.74. The summed E-state index contributed by atoms with van der Waals surface area (Å²) < 4.78 is 121. The van der Waals surface area contributed by atoms with E-state index in [9.17, 15) is 43.9 Å². The number of rotatable bonds is 6. The van der Waals surface area contributed by atoms with Crippen LogP contribution in [0.1, 0.15) is 61.8 Å². The molecule has 2 fully saturated rings. The lowest BCUT2D eigenvalue weighted by atomic mass is 9.81. The third kappa shape index (κ3) is 6.70. The lowest BCUT2D eigenvalue weighted by Gasteiger charge is -2.39. The molecule has 3 atom stereocenters. The second kappa shape index (κ2) is 11.8. The van der Waals surface area contributed by atoms with Gasteiger partial charge in [-0.2, -0.15) is 26.3 Å². The van der Waals surface area contributed by atoms with Crippen LogP contribution in [0.3, 0.4) is 0 Å². The molecule has 0 radical (unpaired) electrons. The van der Waals surface area contributed by atoms with Crippen molar-refractivity contribution in [3.05, 3.63) is 76.7 Å². The molecule has 2 aliphatic rings. The van der Waals surface area contributed by atoms with E-state index in [1.165, 1.54) is 51.5 Å². The number of likely N-dealkylation sites (N-methyl/N-ethyl adjacent to an activating group) is 1. The van der Waals surface area contributed by atoms with Crippen molar-refractivity contribution in [1.82, 2.24) is 4.98 Å². The number of anilines is 2. The highest BCUT2D eigenvalue weighted by atomic mass is 32.2. The average Bonchev–Trinajstić information content (AvgIpc) is 3.22. The fraction of sp³-hybridized carbons (Fsp3) is 0.455. The van der Waals surface area contributed by atoms with Crippen molar-refractivity contribution in [2.75, 3.05) is 23.1 Å². The molecular formula is C33H34F7N3O3S. The van der Waals surface area contributed by atoms with Crippen LogP contribution in [0.4, 0.5) is 42.2 Å². The SMILES string of the molecule is Cc1cc(F)ccc1-c1cc(N2[C@@H]3CC[C@H]2C[C@@H](S(C)(=O)=O)C3)ncc1N(C)C(=O)C(C)(C)c1cc(C(F)(F)F)cc(C(F)(F)F)c1. The summed E-state index contributed by atoms with van der Waals surface area (Å²) in [4.78, 5) is 21.9. The molecule has 6 nitrogen and oxygen atoms in total. The van der Waals surface area contributed by atoms with Gasteiger partial charge in [-0.15, -0.1) is 0 Å². The molecule has 5 rings (SSSR count). The Hall–Kier alpha value is -3.68. The predicted octanol–water partition coefficient (Wildman–Crippen LogP) is 7.72. The molecule has 0 N–H and O–H groups in total. The molecule has 254 valence electrons. The molecule has 2 bridgehead atoms. The fourth-order valence-corrected chi connectivity index (χ4v) is 7.95. The summed E-state index contributed by atoms with van der Waals surface area (Å²) in [6, 6.07) is 6.67. The van der Waals surface area contributed by atoms with Crippen LogP contribution in [-0.4, -0.2) is 49.9 Å². The minimum absolute atomic E-state index is 0.0116. The third-order valence-corrected chi connectivity index (χ3v) is 11.0. The van der Waals surface area contributed by atoms with Gasteiger partial charge in [-0.25, -0.2) is 17.8 Å². The maximum atomic E-state index is 14.1. The van der Waals surface area contributed by atoms with E-state index in [0.717, 1.165) is 17.7 Å². The lowest BCUT2D eigenvalue weighted by molar-refractivity contribution is -0.143. The molecular weight excluding hydrogens is 651 g/mol. The molecule has 2 aliphatic heterocycles. The second-order valence-corrected chi connectivity index (χ2v) is 15.3. The number of piperidine rings is 1. The number of carbonyl (C=O) groups is 1. The number of nitrogens with zero attached hydrogens (tertiary/aromatic N) is 3. The Morgan fingerprint density at radius 2 is 1.40 bits per heavy atom. The van der Waals surface area contributed by atoms with Crippen molar-refractivity contribution in [2.45, 2.75) is 81.6 Å². The van der Waals surface area contributed by atoms with Gasteiger partial charge < -0.3 is 9.80 Å². The van der Waals surface area contributed by atoms with Gasteiger partial charge in [0, 0.05) is 31.0 Å². The molecule has 47 heavy (non-hydrogen) atoms. The van der Waals surface area contributed by atoms with Gasteiger partial charge in [-0.3, -0.25) is 4.79 Å². The summed E-state index contributed by atoms with van der Waals surface area (Å²) in [7, 11) is -1.91. The van der Waals surface area contributed by atoms with E-state index >= 15 is 0 Å². The first-order valence-electron chi connectivity index (χ1n) is 14.9. The predicted molar refractivity (Wildman–Crippen MR) is 164 cm³/mol. The maximum absolute atomic E-state index is 14.1. The van der Waals surface area contributed by atoms with Crippen molar-refractivity contribution >= 4 is 27.2 Å². The first kappa shape index (κ1) is 34.6. The Morgan fingerprint density at radius 3 is 1.89 bits per heavy atom. The van der Waals surface area contributed by atoms with Crippen molar-refractivity contribution in [2.24, 2.45) is 0 Å². The zero-order chi connectivity index (χ0) is 34.9. The van der Waals surface area contributed by atoms with Gasteiger partial charge in [0.2, 0.25) is 5.91 Å². The molecule has 3 heterocycles. The number of hydrogen-bond donors (Lipinski definition) is 0. The zero-order valence-electron chi connectivity index (χ0n) is 26.3. The summed E-state index contributed by atoms with van der Waals surface area (Å²) in [6.07, 6.45) is -5.19. The highest BCUT2D eigenvalue weighted by Crippen LogP contribution is 2.44. The number of amides is 1. The highest BCUT2D eigenvalue weighted by molar-refractivity contribution is 7.91. The van der Waals surface area contributed by atoms with E-state index in [1.54, 1.807) is 13.0 Å². The van der Waals surface area contributed by atoms with Crippen LogP contribution in [0.2, 0.25) is 0 Å². The average molecular weight is 686 g/mol. The monoisotopic (exact) mass is 685 g/mol. The number of hydrogen-bond acceptors (Lipinski definition) is 5. The zero-order valence-corrected chi connectivity index (χ0v) is 27.1. The molecule has 2 saturated heterocycles. The number of fused-ring (bicyclic) bond motifs is 2. The van der Waals surface area contributed by atoms with Crippen molar-refractivity contribution in [3.63, 3.8) is 0 Å². The molecule has 1 amide bonds. The number of carbonyl (C=O) groups excluding carboxylic acids is 1. The van der Waals surface area contributed by atoms with Crippen LogP contribution in [-0.2, 0) is 32.4 Å². The van der Waals surface area contributed by atoms with Crippen molar-refractivity contribution in [3.8, 4) is 11.1 Å². The fourth-order valence-electron chi connectivity index (χ4n) is 6.81. The standard InChI is InChI=1S/C33H34F7N3O3S/c1-18-10-22(34)6-9-26(18)27-16-29(43-23-7-8-24(43)15-25(14-23)47(5,45)46)41-17-28(27)42(4)30(44)31(2,3)19-11-20(32(35,36)37)13-21(12-19)33(38,39)40/h6,9-13,16-17,23-25H,7-8,14-15H2,1-5H3/t23-,24+,25+. The molecule has 1 aromatic heterocycles. The normalized spacial score (nSPS) is 20.4. The lowest BCUT2D eigenvalue weighted by Crippen LogP contribution is -2.47. The van der Waals surface area contributed by atoms with Gasteiger partial charge in [0.1, 0.15) is 21.5 Å². The molecule has 14 heteroatoms. The van der Waals surface area contributed by atoms with E-state index < -0.39 is 61.3 Å². The Morgan fingerprint density at radius 1 is 0.872 bits per heavy atom. The minimum Gasteiger partial charge on any atom is -0.351 e. The largest absolute Gasteiger partial charge is 0.416 e. The Bertz CT molecular complexity index is 1780. The van der Waals surface area contributed by atoms with Crippen LogP contribution in [0.5, 0.6) is 0 Å². The number of sulfone groups is 1. The molecule has 0 saturated carbocycles. The van der Waals surface area contributed by atoms with E-state index in [2.05, 4.69) is 9.88 Å². The van der Waals surface area contributed by atoms with Crippen LogP contribution >= 0.6 is 0 Å². The van der Waals surface area contributed by atoms with E-state index in [0.29, 0.717) is 47.5 Å². The summed E-state index contributed by atoms with van der Waals surface area (Å²) in [5.74, 6) is -0.798. The van der Waals surface area contributed by atoms with Crippen molar-refractivity contribution in [1.29, 1.82) is 0 Å². The second-order valence-electron chi connectivity index (χ2n) is 13.0. The number of alkyl halides is 6. The highest BCUT2D eigenvalue weighted by Gasteiger charge is 2.45. The van der Waals surface area contributed by atoms with Crippen LogP contribution in [0, 0.1) is 12.7 Å². The van der Waals surface area contributed by atoms with Gasteiger partial charge in [0.05, 0.1) is 33.7 Å². The van der Waals surface area contributed by atoms with Gasteiger partial charge in [0.25, 0.3) is 0 Å². The Labute approximate surface area is 268 Å². The number of benzene rings is 2. The van der Waals surface area contributed by atoms with Gasteiger partial charge >= 0.3 is 12.4 Å². The summed E-state index contributed by atoms with van der Waals surface area (Å²) in [6.45, 7) is 4.15. The molecule has 0 spiro atoms. The Balaban J connectivity index is 1.59. The van der Waals surface area contributed by atoms with Gasteiger partial charge in [0.15, 0.2) is 0 Å². The van der Waals surface area contributed by atoms with Crippen LogP contribution in [0.15, 0.2) is 48.7 Å². The maximum Gasteiger partial charge on any atom is 0.416 e. The van der Waals surface area contributed by atoms with Crippen molar-refractivity contribution < 1.29 is 43.9 Å². The molecule has 0 aliphatic carbocycles. The number of halogens is 7. The van der Waals surface area contributed by atoms with Gasteiger partial charge in [-0.05, 0) is 99.5 Å². The number of pyridine rings is 1. The van der Waals surface area contributed by atoms with Gasteiger partial charge in [-0.1, -0.05) is 6.07 Å². The molecule has 0 unspecified atom stereocenters. The number of aromatic nitrogens is 1. The van der Waals surface area contributed by atoms with E-state index in [4.69, 9.17) is 0 Å². The van der Waals surface area contributed by atoms with E-state index in [-0.39, 0.29) is 23.8 Å². The van der Waals surface area contributed by atoms with Crippen LogP contribution < -0.4 is 9.80 Å². The third-order valence-electron chi connectivity index (χ3n) is 9.42. The summed E-state index contributed by atoms with van der Waals surface area (Å²) in [5, 5.41) is -0.478.